The van der Waals surface area contributed by atoms with Gasteiger partial charge in [0, 0.05) is 18.7 Å². The van der Waals surface area contributed by atoms with Crippen molar-refractivity contribution in [1.29, 1.82) is 0 Å². The average molecular weight is 247 g/mol. The van der Waals surface area contributed by atoms with Crippen LogP contribution in [0.1, 0.15) is 12.5 Å². The zero-order chi connectivity index (χ0) is 13.1. The van der Waals surface area contributed by atoms with E-state index in [2.05, 4.69) is 17.3 Å². The molecule has 0 bridgehead atoms. The molecule has 2 rings (SSSR count). The number of halogens is 1. The summed E-state index contributed by atoms with van der Waals surface area (Å²) >= 11 is 0. The van der Waals surface area contributed by atoms with Gasteiger partial charge in [0.15, 0.2) is 0 Å². The number of hydrogen-bond acceptors (Lipinski definition) is 2. The lowest BCUT2D eigenvalue weighted by Gasteiger charge is -2.11. The smallest absolute Gasteiger partial charge is 0.123 e. The number of rotatable bonds is 4. The summed E-state index contributed by atoms with van der Waals surface area (Å²) in [6, 6.07) is 7.00. The summed E-state index contributed by atoms with van der Waals surface area (Å²) < 4.78 is 15.1. The monoisotopic (exact) mass is 247 g/mol. The minimum atomic E-state index is -0.221. The zero-order valence-electron chi connectivity index (χ0n) is 10.9. The lowest BCUT2D eigenvalue weighted by atomic mass is 10.0. The van der Waals surface area contributed by atoms with Crippen LogP contribution in [0, 0.1) is 5.82 Å². The number of likely N-dealkylation sites (N-methyl/N-ethyl adjacent to an activating group) is 1. The van der Waals surface area contributed by atoms with Crippen molar-refractivity contribution >= 4 is 0 Å². The second-order valence-corrected chi connectivity index (χ2v) is 4.55. The Morgan fingerprint density at radius 3 is 2.89 bits per heavy atom. The highest BCUT2D eigenvalue weighted by Gasteiger charge is 2.13. The quantitative estimate of drug-likeness (QED) is 0.899. The number of nitrogens with one attached hydrogen (secondary N) is 1. The molecule has 1 aromatic carbocycles. The van der Waals surface area contributed by atoms with Gasteiger partial charge in [-0.15, -0.1) is 0 Å². The zero-order valence-corrected chi connectivity index (χ0v) is 10.9. The van der Waals surface area contributed by atoms with E-state index < -0.39 is 0 Å². The molecule has 0 aliphatic rings. The fourth-order valence-electron chi connectivity index (χ4n) is 2.07. The number of benzene rings is 1. The van der Waals surface area contributed by atoms with Crippen molar-refractivity contribution in [2.45, 2.75) is 19.4 Å². The Kier molecular flexibility index (Phi) is 3.77. The van der Waals surface area contributed by atoms with Crippen molar-refractivity contribution in [2.24, 2.45) is 7.05 Å². The Bertz CT molecular complexity index is 534. The van der Waals surface area contributed by atoms with Gasteiger partial charge in [-0.1, -0.05) is 12.1 Å². The standard InChI is InChI=1S/C14H18FN3/c1-10(16-2)7-12-9-17-18(3)14(12)11-5-4-6-13(15)8-11/h4-6,8-10,16H,7H2,1-3H3. The topological polar surface area (TPSA) is 29.9 Å². The minimum absolute atomic E-state index is 0.221. The summed E-state index contributed by atoms with van der Waals surface area (Å²) in [5, 5.41) is 7.48. The van der Waals surface area contributed by atoms with E-state index in [1.807, 2.05) is 26.4 Å². The van der Waals surface area contributed by atoms with E-state index in [1.54, 1.807) is 16.8 Å². The van der Waals surface area contributed by atoms with Gasteiger partial charge in [0.05, 0.1) is 11.9 Å². The molecule has 18 heavy (non-hydrogen) atoms. The van der Waals surface area contributed by atoms with E-state index in [0.717, 1.165) is 23.2 Å². The first-order chi connectivity index (χ1) is 8.61. The van der Waals surface area contributed by atoms with E-state index in [1.165, 1.54) is 6.07 Å². The lowest BCUT2D eigenvalue weighted by molar-refractivity contribution is 0.608. The van der Waals surface area contributed by atoms with Crippen LogP contribution >= 0.6 is 0 Å². The molecule has 4 heteroatoms. The molecular weight excluding hydrogens is 229 g/mol. The number of aryl methyl sites for hydroxylation is 1. The Labute approximate surface area is 107 Å². The molecule has 1 aromatic heterocycles. The van der Waals surface area contributed by atoms with Crippen LogP contribution < -0.4 is 5.32 Å². The van der Waals surface area contributed by atoms with E-state index >= 15 is 0 Å². The summed E-state index contributed by atoms with van der Waals surface area (Å²) in [4.78, 5) is 0. The molecule has 96 valence electrons. The van der Waals surface area contributed by atoms with E-state index in [9.17, 15) is 4.39 Å². The van der Waals surface area contributed by atoms with Crippen LogP contribution in [0.25, 0.3) is 11.3 Å². The predicted molar refractivity (Wildman–Crippen MR) is 70.8 cm³/mol. The lowest BCUT2D eigenvalue weighted by Crippen LogP contribution is -2.23. The molecule has 3 nitrogen and oxygen atoms in total. The predicted octanol–water partition coefficient (Wildman–Crippen LogP) is 2.38. The Morgan fingerprint density at radius 1 is 1.44 bits per heavy atom. The van der Waals surface area contributed by atoms with Gasteiger partial charge < -0.3 is 5.32 Å². The second-order valence-electron chi connectivity index (χ2n) is 4.55. The summed E-state index contributed by atoms with van der Waals surface area (Å²) in [6.07, 6.45) is 2.73. The van der Waals surface area contributed by atoms with Crippen molar-refractivity contribution in [1.82, 2.24) is 15.1 Å². The third-order valence-corrected chi connectivity index (χ3v) is 3.13. The molecule has 1 atom stereocenters. The highest BCUT2D eigenvalue weighted by molar-refractivity contribution is 5.63. The highest BCUT2D eigenvalue weighted by atomic mass is 19.1. The van der Waals surface area contributed by atoms with Crippen LogP contribution in [0.3, 0.4) is 0 Å². The summed E-state index contributed by atoms with van der Waals surface area (Å²) in [5.41, 5.74) is 2.98. The maximum absolute atomic E-state index is 13.3. The number of nitrogens with zero attached hydrogens (tertiary/aromatic N) is 2. The van der Waals surface area contributed by atoms with Gasteiger partial charge in [0.1, 0.15) is 5.82 Å². The average Bonchev–Trinajstić information content (AvgIpc) is 2.70. The van der Waals surface area contributed by atoms with E-state index in [-0.39, 0.29) is 5.82 Å². The Hall–Kier alpha value is -1.68. The minimum Gasteiger partial charge on any atom is -0.317 e. The van der Waals surface area contributed by atoms with Crippen LogP contribution in [-0.4, -0.2) is 22.9 Å². The fraction of sp³-hybridized carbons (Fsp3) is 0.357. The van der Waals surface area contributed by atoms with Gasteiger partial charge in [-0.3, -0.25) is 4.68 Å². The summed E-state index contributed by atoms with van der Waals surface area (Å²) in [7, 11) is 3.82. The van der Waals surface area contributed by atoms with Gasteiger partial charge in [0.2, 0.25) is 0 Å². The third-order valence-electron chi connectivity index (χ3n) is 3.13. The summed E-state index contributed by atoms with van der Waals surface area (Å²) in [5.74, 6) is -0.221. The van der Waals surface area contributed by atoms with Crippen molar-refractivity contribution in [3.63, 3.8) is 0 Å². The van der Waals surface area contributed by atoms with Crippen molar-refractivity contribution in [3.8, 4) is 11.3 Å². The first-order valence-electron chi connectivity index (χ1n) is 6.06. The second kappa shape index (κ2) is 5.31. The van der Waals surface area contributed by atoms with E-state index in [0.29, 0.717) is 6.04 Å². The van der Waals surface area contributed by atoms with Crippen LogP contribution in [0.15, 0.2) is 30.5 Å². The fourth-order valence-corrected chi connectivity index (χ4v) is 2.07. The highest BCUT2D eigenvalue weighted by Crippen LogP contribution is 2.24. The maximum Gasteiger partial charge on any atom is 0.123 e. The molecule has 0 saturated carbocycles. The normalized spacial score (nSPS) is 12.7. The number of aromatic nitrogens is 2. The number of hydrogen-bond donors (Lipinski definition) is 1. The first kappa shape index (κ1) is 12.8. The Balaban J connectivity index is 2.40. The molecule has 2 aromatic rings. The van der Waals surface area contributed by atoms with Crippen molar-refractivity contribution in [3.05, 3.63) is 41.8 Å². The van der Waals surface area contributed by atoms with Crippen molar-refractivity contribution in [2.75, 3.05) is 7.05 Å². The SMILES string of the molecule is CNC(C)Cc1cnn(C)c1-c1cccc(F)c1. The van der Waals surface area contributed by atoms with E-state index in [4.69, 9.17) is 0 Å². The molecule has 1 unspecified atom stereocenters. The van der Waals surface area contributed by atoms with Gasteiger partial charge in [0.25, 0.3) is 0 Å². The van der Waals surface area contributed by atoms with Crippen LogP contribution in [0.2, 0.25) is 0 Å². The maximum atomic E-state index is 13.3. The molecule has 0 saturated heterocycles. The van der Waals surface area contributed by atoms with Gasteiger partial charge in [-0.25, -0.2) is 4.39 Å². The third kappa shape index (κ3) is 2.59. The van der Waals surface area contributed by atoms with Crippen LogP contribution in [0.5, 0.6) is 0 Å². The van der Waals surface area contributed by atoms with Crippen LogP contribution in [0.4, 0.5) is 4.39 Å². The van der Waals surface area contributed by atoms with Crippen LogP contribution in [-0.2, 0) is 13.5 Å². The van der Waals surface area contributed by atoms with Gasteiger partial charge in [-0.05, 0) is 38.1 Å². The largest absolute Gasteiger partial charge is 0.317 e. The molecule has 1 heterocycles. The first-order valence-corrected chi connectivity index (χ1v) is 6.06. The van der Waals surface area contributed by atoms with Gasteiger partial charge >= 0.3 is 0 Å². The molecule has 0 fully saturated rings. The molecule has 0 spiro atoms. The molecule has 0 aliphatic carbocycles. The van der Waals surface area contributed by atoms with Gasteiger partial charge in [-0.2, -0.15) is 5.10 Å². The Morgan fingerprint density at radius 2 is 2.22 bits per heavy atom. The molecule has 0 aliphatic heterocycles. The molecule has 0 radical (unpaired) electrons. The van der Waals surface area contributed by atoms with Crippen molar-refractivity contribution < 1.29 is 4.39 Å². The molecule has 0 amide bonds. The summed E-state index contributed by atoms with van der Waals surface area (Å²) in [6.45, 7) is 2.11. The molecule has 1 N–H and O–H groups in total. The molecular formula is C14H18FN3.